The molecule has 4 rings (SSSR count). The largest absolute Gasteiger partial charge is 0.347 e. The molecule has 0 aromatic heterocycles. The Bertz CT molecular complexity index is 755. The number of amides is 1. The molecular weight excluding hydrogens is 286 g/mol. The third kappa shape index (κ3) is 2.09. The number of nitrogens with zero attached hydrogens (tertiary/aromatic N) is 2. The molecule has 1 atom stereocenters. The molecule has 4 nitrogen and oxygen atoms in total. The molecule has 118 valence electrons. The van der Waals surface area contributed by atoms with Gasteiger partial charge >= 0.3 is 0 Å². The molecule has 4 heteroatoms. The lowest BCUT2D eigenvalue weighted by molar-refractivity contribution is 0.0580. The molecular formula is C19H21N3O. The van der Waals surface area contributed by atoms with Crippen molar-refractivity contribution < 1.29 is 4.79 Å². The fourth-order valence-electron chi connectivity index (χ4n) is 3.72. The highest BCUT2D eigenvalue weighted by Crippen LogP contribution is 2.43. The monoisotopic (exact) mass is 307 g/mol. The molecule has 1 amide bonds. The van der Waals surface area contributed by atoms with E-state index in [0.29, 0.717) is 0 Å². The zero-order valence-electron chi connectivity index (χ0n) is 13.5. The van der Waals surface area contributed by atoms with Crippen molar-refractivity contribution in [1.82, 2.24) is 5.01 Å². The van der Waals surface area contributed by atoms with Crippen LogP contribution >= 0.6 is 0 Å². The topological polar surface area (TPSA) is 35.6 Å². The maximum atomic E-state index is 13.1. The molecule has 2 aliphatic rings. The van der Waals surface area contributed by atoms with Crippen LogP contribution in [0.5, 0.6) is 0 Å². The molecule has 2 aromatic carbocycles. The molecule has 0 radical (unpaired) electrons. The number of hydrogen-bond acceptors (Lipinski definition) is 3. The van der Waals surface area contributed by atoms with Crippen LogP contribution in [0.25, 0.3) is 0 Å². The van der Waals surface area contributed by atoms with E-state index in [2.05, 4.69) is 42.4 Å². The predicted octanol–water partition coefficient (Wildman–Crippen LogP) is 3.79. The maximum Gasteiger partial charge on any atom is 0.276 e. The average molecular weight is 307 g/mol. The van der Waals surface area contributed by atoms with E-state index in [-0.39, 0.29) is 11.6 Å². The second kappa shape index (κ2) is 5.01. The molecule has 0 bridgehead atoms. The number of aryl methyl sites for hydroxylation is 1. The first-order chi connectivity index (χ1) is 11.1. The Morgan fingerprint density at radius 3 is 2.61 bits per heavy atom. The molecule has 2 aliphatic heterocycles. The van der Waals surface area contributed by atoms with Crippen molar-refractivity contribution in [2.24, 2.45) is 0 Å². The summed E-state index contributed by atoms with van der Waals surface area (Å²) >= 11 is 0. The summed E-state index contributed by atoms with van der Waals surface area (Å²) in [5.74, 6) is 0.0434. The Kier molecular flexibility index (Phi) is 3.08. The summed E-state index contributed by atoms with van der Waals surface area (Å²) in [6.07, 6.45) is 2.05. The molecule has 0 spiro atoms. The predicted molar refractivity (Wildman–Crippen MR) is 92.4 cm³/mol. The summed E-state index contributed by atoms with van der Waals surface area (Å²) in [5.41, 5.74) is 7.00. The number of fused-ring (bicyclic) bond motifs is 3. The van der Waals surface area contributed by atoms with E-state index in [1.54, 1.807) is 0 Å². The highest BCUT2D eigenvalue weighted by molar-refractivity contribution is 6.03. The van der Waals surface area contributed by atoms with Gasteiger partial charge in [0.05, 0.1) is 16.9 Å². The van der Waals surface area contributed by atoms with Crippen molar-refractivity contribution in [2.75, 3.05) is 16.9 Å². The number of para-hydroxylation sites is 1. The molecule has 1 fully saturated rings. The van der Waals surface area contributed by atoms with Gasteiger partial charge in [-0.05, 0) is 51.0 Å². The lowest BCUT2D eigenvalue weighted by Gasteiger charge is -2.49. The van der Waals surface area contributed by atoms with E-state index in [4.69, 9.17) is 0 Å². The van der Waals surface area contributed by atoms with E-state index in [1.165, 1.54) is 5.56 Å². The summed E-state index contributed by atoms with van der Waals surface area (Å²) in [7, 11) is 0. The summed E-state index contributed by atoms with van der Waals surface area (Å²) in [6, 6.07) is 16.1. The second-order valence-corrected chi connectivity index (χ2v) is 6.61. The van der Waals surface area contributed by atoms with Crippen LogP contribution in [0.2, 0.25) is 0 Å². The van der Waals surface area contributed by atoms with E-state index >= 15 is 0 Å². The molecule has 1 unspecified atom stereocenters. The highest BCUT2D eigenvalue weighted by atomic mass is 16.2. The van der Waals surface area contributed by atoms with Crippen LogP contribution in [0.15, 0.2) is 48.5 Å². The molecule has 1 N–H and O–H groups in total. The fraction of sp³-hybridized carbons (Fsp3) is 0.316. The Labute approximate surface area is 136 Å². The number of carbonyl (C=O) groups is 1. The van der Waals surface area contributed by atoms with Crippen LogP contribution in [-0.4, -0.2) is 23.1 Å². The van der Waals surface area contributed by atoms with Crippen molar-refractivity contribution in [3.63, 3.8) is 0 Å². The minimum atomic E-state index is -0.323. The zero-order valence-corrected chi connectivity index (χ0v) is 13.5. The molecule has 1 saturated heterocycles. The van der Waals surface area contributed by atoms with Gasteiger partial charge in [0.15, 0.2) is 0 Å². The number of carbonyl (C=O) groups excluding carboxylic acids is 1. The number of rotatable bonds is 2. The number of hydrazine groups is 1. The molecule has 2 heterocycles. The molecule has 2 aromatic rings. The van der Waals surface area contributed by atoms with Crippen molar-refractivity contribution in [1.29, 1.82) is 0 Å². The van der Waals surface area contributed by atoms with Gasteiger partial charge in [-0.3, -0.25) is 10.2 Å². The lowest BCUT2D eigenvalue weighted by Crippen LogP contribution is -2.63. The van der Waals surface area contributed by atoms with Crippen LogP contribution in [-0.2, 0) is 0 Å². The van der Waals surface area contributed by atoms with Gasteiger partial charge in [0, 0.05) is 6.54 Å². The Balaban J connectivity index is 1.76. The van der Waals surface area contributed by atoms with Gasteiger partial charge in [0.1, 0.15) is 5.66 Å². The van der Waals surface area contributed by atoms with E-state index in [1.807, 2.05) is 35.3 Å². The van der Waals surface area contributed by atoms with Gasteiger partial charge in [-0.2, -0.15) is 0 Å². The van der Waals surface area contributed by atoms with E-state index in [9.17, 15) is 4.79 Å². The fourth-order valence-corrected chi connectivity index (χ4v) is 3.72. The minimum absolute atomic E-state index is 0.0434. The Morgan fingerprint density at radius 1 is 1.09 bits per heavy atom. The number of anilines is 2. The summed E-state index contributed by atoms with van der Waals surface area (Å²) in [5, 5.41) is 1.81. The highest BCUT2D eigenvalue weighted by Gasteiger charge is 2.49. The van der Waals surface area contributed by atoms with Crippen LogP contribution in [0, 0.1) is 6.92 Å². The first-order valence-corrected chi connectivity index (χ1v) is 8.14. The Morgan fingerprint density at radius 2 is 1.83 bits per heavy atom. The minimum Gasteiger partial charge on any atom is -0.347 e. The quantitative estimate of drug-likeness (QED) is 0.917. The lowest BCUT2D eigenvalue weighted by atomic mass is 10.0. The van der Waals surface area contributed by atoms with Crippen molar-refractivity contribution in [2.45, 2.75) is 32.4 Å². The van der Waals surface area contributed by atoms with Crippen LogP contribution in [0.4, 0.5) is 11.4 Å². The van der Waals surface area contributed by atoms with Crippen LogP contribution in [0.3, 0.4) is 0 Å². The first-order valence-electron chi connectivity index (χ1n) is 8.14. The van der Waals surface area contributed by atoms with Gasteiger partial charge in [-0.15, -0.1) is 0 Å². The van der Waals surface area contributed by atoms with Crippen molar-refractivity contribution in [3.05, 3.63) is 59.7 Å². The van der Waals surface area contributed by atoms with Gasteiger partial charge in [-0.1, -0.05) is 29.8 Å². The van der Waals surface area contributed by atoms with E-state index in [0.717, 1.165) is 36.3 Å². The number of benzene rings is 2. The van der Waals surface area contributed by atoms with Crippen LogP contribution < -0.4 is 10.3 Å². The third-order valence-corrected chi connectivity index (χ3v) is 5.02. The number of hydrogen-bond donors (Lipinski definition) is 1. The van der Waals surface area contributed by atoms with Crippen molar-refractivity contribution >= 4 is 17.3 Å². The SMILES string of the molecule is Cc1ccc(NN2C(=O)c3ccccc3N3CCCC23C)cc1. The Hall–Kier alpha value is -2.49. The molecule has 0 aliphatic carbocycles. The smallest absolute Gasteiger partial charge is 0.276 e. The van der Waals surface area contributed by atoms with Gasteiger partial charge in [0.25, 0.3) is 5.91 Å². The van der Waals surface area contributed by atoms with E-state index < -0.39 is 0 Å². The molecule has 0 saturated carbocycles. The van der Waals surface area contributed by atoms with Crippen LogP contribution in [0.1, 0.15) is 35.7 Å². The summed E-state index contributed by atoms with van der Waals surface area (Å²) < 4.78 is 0. The standard InChI is InChI=1S/C19H21N3O/c1-14-8-10-15(11-9-14)20-22-18(23)16-6-3-4-7-17(16)21-13-5-12-19(21,22)2/h3-4,6-11,20H,5,12-13H2,1-2H3. The normalized spacial score (nSPS) is 22.8. The second-order valence-electron chi connectivity index (χ2n) is 6.61. The van der Waals surface area contributed by atoms with Gasteiger partial charge in [-0.25, -0.2) is 5.01 Å². The zero-order chi connectivity index (χ0) is 16.0. The van der Waals surface area contributed by atoms with Gasteiger partial charge < -0.3 is 4.90 Å². The average Bonchev–Trinajstić information content (AvgIpc) is 2.96. The van der Waals surface area contributed by atoms with Crippen molar-refractivity contribution in [3.8, 4) is 0 Å². The maximum absolute atomic E-state index is 13.1. The van der Waals surface area contributed by atoms with Gasteiger partial charge in [0.2, 0.25) is 0 Å². The first kappa shape index (κ1) is 14.1. The number of nitrogens with one attached hydrogen (secondary N) is 1. The molecule has 23 heavy (non-hydrogen) atoms. The summed E-state index contributed by atoms with van der Waals surface area (Å²) in [4.78, 5) is 15.4. The third-order valence-electron chi connectivity index (χ3n) is 5.02. The summed E-state index contributed by atoms with van der Waals surface area (Å²) in [6.45, 7) is 5.19.